The van der Waals surface area contributed by atoms with Gasteiger partial charge in [0.05, 0.1) is 48.1 Å². The molecule has 0 aliphatic carbocycles. The van der Waals surface area contributed by atoms with Gasteiger partial charge in [0.25, 0.3) is 0 Å². The predicted octanol–water partition coefficient (Wildman–Crippen LogP) is 3.78. The van der Waals surface area contributed by atoms with Gasteiger partial charge in [-0.2, -0.15) is 8.61 Å². The van der Waals surface area contributed by atoms with Gasteiger partial charge in [-0.15, -0.1) is 22.7 Å². The lowest BCUT2D eigenvalue weighted by molar-refractivity contribution is -0.134. The van der Waals surface area contributed by atoms with Crippen LogP contribution in [-0.2, 0) is 29.6 Å². The third-order valence-corrected chi connectivity index (χ3v) is 16.8. The monoisotopic (exact) mass is 902 g/mol. The summed E-state index contributed by atoms with van der Waals surface area (Å²) < 4.78 is 81.7. The molecule has 4 N–H and O–H groups in total. The van der Waals surface area contributed by atoms with Crippen LogP contribution in [0.3, 0.4) is 0 Å². The van der Waals surface area contributed by atoms with E-state index >= 15 is 0 Å². The third-order valence-electron chi connectivity index (χ3n) is 12.5. The van der Waals surface area contributed by atoms with Crippen molar-refractivity contribution in [3.05, 3.63) is 82.3 Å². The highest BCUT2D eigenvalue weighted by molar-refractivity contribution is 7.88. The van der Waals surface area contributed by atoms with E-state index in [-0.39, 0.29) is 48.4 Å². The summed E-state index contributed by atoms with van der Waals surface area (Å²) in [6.45, 7) is 1.06. The van der Waals surface area contributed by atoms with Gasteiger partial charge in [-0.3, -0.25) is 9.59 Å². The van der Waals surface area contributed by atoms with E-state index in [0.29, 0.717) is 73.0 Å². The number of halogens is 2. The van der Waals surface area contributed by atoms with E-state index in [1.165, 1.54) is 68.1 Å². The molecule has 2 unspecified atom stereocenters. The average molecular weight is 903 g/mol. The molecule has 0 bridgehead atoms. The molecule has 4 fully saturated rings. The van der Waals surface area contributed by atoms with Crippen LogP contribution in [0.1, 0.15) is 61.7 Å². The summed E-state index contributed by atoms with van der Waals surface area (Å²) in [6, 6.07) is 8.57. The van der Waals surface area contributed by atoms with E-state index < -0.39 is 56.3 Å². The van der Waals surface area contributed by atoms with Crippen molar-refractivity contribution in [3.8, 4) is 21.1 Å². The lowest BCUT2D eigenvalue weighted by Gasteiger charge is -2.30. The van der Waals surface area contributed by atoms with Crippen LogP contribution in [0.2, 0.25) is 0 Å². The Balaban J connectivity index is 0.893. The maximum absolute atomic E-state index is 14.0. The number of carbonyl (C=O) groups is 2. The number of nitrogens with two attached hydrogens (primary N) is 2. The summed E-state index contributed by atoms with van der Waals surface area (Å²) in [7, 11) is -7.17. The molecule has 2 aromatic carbocycles. The summed E-state index contributed by atoms with van der Waals surface area (Å²) in [4.78, 5) is 41.0. The summed E-state index contributed by atoms with van der Waals surface area (Å²) in [5.74, 6) is -2.01. The summed E-state index contributed by atoms with van der Waals surface area (Å²) in [5, 5.41) is 5.09. The van der Waals surface area contributed by atoms with Crippen LogP contribution >= 0.6 is 22.7 Å². The second-order valence-electron chi connectivity index (χ2n) is 16.3. The SMILES string of the molecule is CS(=O)(=O)N1C[C@H](c2csc(-c3ccc(F)cc3)n2)[C@@H]2[C@H]1CCN2C(=O)C(N)CCCCC(N)C(=O)N1CC[C@@H]2[C@H]1[C@@H](c1csc(-c3ccc(F)cc3)n1)CN2S(C)(=O)=O. The molecule has 2 aromatic heterocycles. The van der Waals surface area contributed by atoms with Crippen molar-refractivity contribution in [2.45, 2.75) is 86.6 Å². The summed E-state index contributed by atoms with van der Waals surface area (Å²) in [5.41, 5.74) is 15.9. The molecule has 0 saturated carbocycles. The number of hydrogen-bond acceptors (Lipinski definition) is 12. The molecule has 8 rings (SSSR count). The largest absolute Gasteiger partial charge is 0.336 e. The molecule has 0 radical (unpaired) electrons. The Morgan fingerprint density at radius 3 is 1.40 bits per heavy atom. The molecule has 20 heteroatoms. The first-order valence-electron chi connectivity index (χ1n) is 20.0. The molecule has 14 nitrogen and oxygen atoms in total. The number of rotatable bonds is 13. The minimum absolute atomic E-state index is 0.179. The van der Waals surface area contributed by atoms with Crippen molar-refractivity contribution in [1.82, 2.24) is 28.4 Å². The first-order chi connectivity index (χ1) is 28.5. The zero-order valence-electron chi connectivity index (χ0n) is 33.1. The maximum atomic E-state index is 14.0. The van der Waals surface area contributed by atoms with Gasteiger partial charge in [0, 0.05) is 72.0 Å². The van der Waals surface area contributed by atoms with Gasteiger partial charge in [0.1, 0.15) is 21.6 Å². The number of likely N-dealkylation sites (tertiary alicyclic amines) is 2. The zero-order chi connectivity index (χ0) is 42.7. The van der Waals surface area contributed by atoms with E-state index in [2.05, 4.69) is 0 Å². The van der Waals surface area contributed by atoms with Crippen LogP contribution in [0.4, 0.5) is 8.78 Å². The minimum Gasteiger partial charge on any atom is -0.336 e. The van der Waals surface area contributed by atoms with Gasteiger partial charge in [-0.1, -0.05) is 12.8 Å². The Morgan fingerprint density at radius 2 is 1.05 bits per heavy atom. The highest BCUT2D eigenvalue weighted by Gasteiger charge is 2.55. The Hall–Kier alpha value is -3.76. The van der Waals surface area contributed by atoms with Gasteiger partial charge in [-0.25, -0.2) is 35.6 Å². The van der Waals surface area contributed by atoms with Crippen LogP contribution in [0.5, 0.6) is 0 Å². The second kappa shape index (κ2) is 16.8. The molecule has 8 atom stereocenters. The van der Waals surface area contributed by atoms with Crippen LogP contribution in [-0.4, -0.2) is 132 Å². The zero-order valence-corrected chi connectivity index (χ0v) is 36.4. The molecule has 4 aliphatic heterocycles. The first kappa shape index (κ1) is 42.9. The van der Waals surface area contributed by atoms with E-state index in [0.717, 1.165) is 11.1 Å². The summed E-state index contributed by atoms with van der Waals surface area (Å²) >= 11 is 2.76. The topological polar surface area (TPSA) is 193 Å². The fourth-order valence-electron chi connectivity index (χ4n) is 9.65. The number of thiazole rings is 2. The number of nitrogens with zero attached hydrogens (tertiary/aromatic N) is 6. The Bertz CT molecular complexity index is 2280. The molecule has 60 heavy (non-hydrogen) atoms. The van der Waals surface area contributed by atoms with Crippen LogP contribution in [0.25, 0.3) is 21.1 Å². The van der Waals surface area contributed by atoms with Crippen molar-refractivity contribution in [2.24, 2.45) is 11.5 Å². The standard InChI is InChI=1S/C40H48F2N8O6S4/c1-59(53,54)49-19-27(31-21-57-37(45-31)23-7-11-25(41)12-8-23)35-33(49)15-17-47(35)39(51)29(43)5-3-4-6-30(44)40(52)48-18-16-34-36(48)28(20-50(34)60(2,55)56)32-22-58-38(46-32)24-9-13-26(42)14-10-24/h7-14,21-22,27-30,33-36H,3-6,15-20,43-44H2,1-2H3/t27-,28-,29?,30?,33-,34-,35-,36-/m1/s1. The highest BCUT2D eigenvalue weighted by atomic mass is 32.2. The normalized spacial score (nSPS) is 25.8. The summed E-state index contributed by atoms with van der Waals surface area (Å²) in [6.07, 6.45) is 4.99. The Morgan fingerprint density at radius 1 is 0.683 bits per heavy atom. The molecule has 0 spiro atoms. The van der Waals surface area contributed by atoms with Crippen molar-refractivity contribution < 1.29 is 35.2 Å². The van der Waals surface area contributed by atoms with Crippen molar-refractivity contribution in [2.75, 3.05) is 38.7 Å². The van der Waals surface area contributed by atoms with E-state index in [1.807, 2.05) is 10.8 Å². The average Bonchev–Trinajstić information content (AvgIpc) is 4.05. The van der Waals surface area contributed by atoms with Gasteiger partial charge >= 0.3 is 0 Å². The third kappa shape index (κ3) is 8.41. The fraction of sp³-hybridized carbons (Fsp3) is 0.500. The number of carbonyl (C=O) groups excluding carboxylic acids is 2. The molecule has 4 aliphatic rings. The Labute approximate surface area is 356 Å². The molecular weight excluding hydrogens is 855 g/mol. The minimum atomic E-state index is -3.59. The number of hydrogen-bond donors (Lipinski definition) is 2. The molecule has 4 saturated heterocycles. The van der Waals surface area contributed by atoms with Crippen LogP contribution in [0.15, 0.2) is 59.3 Å². The number of amides is 2. The van der Waals surface area contributed by atoms with Crippen LogP contribution < -0.4 is 11.5 Å². The van der Waals surface area contributed by atoms with Gasteiger partial charge < -0.3 is 21.3 Å². The van der Waals surface area contributed by atoms with E-state index in [4.69, 9.17) is 21.4 Å². The van der Waals surface area contributed by atoms with E-state index in [1.54, 1.807) is 34.1 Å². The van der Waals surface area contributed by atoms with Crippen molar-refractivity contribution >= 4 is 54.5 Å². The number of benzene rings is 2. The number of aromatic nitrogens is 2. The molecule has 6 heterocycles. The fourth-order valence-corrected chi connectivity index (χ4v) is 13.7. The van der Waals surface area contributed by atoms with Crippen molar-refractivity contribution in [1.29, 1.82) is 0 Å². The first-order valence-corrected chi connectivity index (χ1v) is 25.4. The van der Waals surface area contributed by atoms with Gasteiger partial charge in [0.15, 0.2) is 0 Å². The van der Waals surface area contributed by atoms with Crippen LogP contribution in [0, 0.1) is 11.6 Å². The molecule has 2 amide bonds. The molecular formula is C40H48F2N8O6S4. The lowest BCUT2D eigenvalue weighted by Crippen LogP contribution is -2.49. The number of unbranched alkanes of at least 4 members (excludes halogenated alkanes) is 1. The number of fused-ring (bicyclic) bond motifs is 2. The predicted molar refractivity (Wildman–Crippen MR) is 226 cm³/mol. The maximum Gasteiger partial charge on any atom is 0.239 e. The second-order valence-corrected chi connectivity index (χ2v) is 21.9. The lowest BCUT2D eigenvalue weighted by atomic mass is 9.95. The molecule has 4 aromatic rings. The van der Waals surface area contributed by atoms with Gasteiger partial charge in [0.2, 0.25) is 31.9 Å². The van der Waals surface area contributed by atoms with E-state index in [9.17, 15) is 35.2 Å². The molecule has 322 valence electrons. The smallest absolute Gasteiger partial charge is 0.239 e. The number of sulfonamides is 2. The highest BCUT2D eigenvalue weighted by Crippen LogP contribution is 2.45. The van der Waals surface area contributed by atoms with Crippen molar-refractivity contribution in [3.63, 3.8) is 0 Å². The van der Waals surface area contributed by atoms with Gasteiger partial charge in [-0.05, 0) is 74.2 Å². The Kier molecular flexibility index (Phi) is 12.0. The quantitative estimate of drug-likeness (QED) is 0.187.